The summed E-state index contributed by atoms with van der Waals surface area (Å²) in [5.74, 6) is 0. The van der Waals surface area contributed by atoms with E-state index < -0.39 is 0 Å². The van der Waals surface area contributed by atoms with Gasteiger partial charge in [0, 0.05) is 5.54 Å². The highest BCUT2D eigenvalue weighted by atomic mass is 14.7. The quantitative estimate of drug-likeness (QED) is 0.600. The van der Waals surface area contributed by atoms with Crippen molar-refractivity contribution in [3.63, 3.8) is 0 Å². The summed E-state index contributed by atoms with van der Waals surface area (Å²) in [6.45, 7) is 6.19. The lowest BCUT2D eigenvalue weighted by Gasteiger charge is -2.19. The fraction of sp³-hybridized carbons (Fsp3) is 1.00. The first-order valence-corrected chi connectivity index (χ1v) is 4.56. The van der Waals surface area contributed by atoms with Crippen molar-refractivity contribution >= 4 is 0 Å². The number of rotatable bonds is 1. The van der Waals surface area contributed by atoms with E-state index in [4.69, 9.17) is 5.73 Å². The van der Waals surface area contributed by atoms with Crippen molar-refractivity contribution in [3.05, 3.63) is 0 Å². The van der Waals surface area contributed by atoms with Crippen LogP contribution < -0.4 is 5.73 Å². The minimum absolute atomic E-state index is 0.236. The minimum atomic E-state index is 0.236. The molecule has 0 heterocycles. The summed E-state index contributed by atoms with van der Waals surface area (Å²) in [4.78, 5) is 0. The lowest BCUT2D eigenvalue weighted by molar-refractivity contribution is 0.424. The minimum Gasteiger partial charge on any atom is -0.325 e. The molecule has 0 bridgehead atoms. The standard InChI is InChI=1S/C7H15N.C2H6/c1-2-7(8)5-3-4-6-7;1-2/h2-6,8H2,1H3;1-2H3. The Morgan fingerprint density at radius 1 is 1.20 bits per heavy atom. The van der Waals surface area contributed by atoms with Gasteiger partial charge in [-0.3, -0.25) is 0 Å². The summed E-state index contributed by atoms with van der Waals surface area (Å²) in [5, 5.41) is 0. The van der Waals surface area contributed by atoms with Crippen LogP contribution in [0.25, 0.3) is 0 Å². The zero-order valence-electron chi connectivity index (χ0n) is 7.61. The van der Waals surface area contributed by atoms with Gasteiger partial charge >= 0.3 is 0 Å². The monoisotopic (exact) mass is 143 g/mol. The Morgan fingerprint density at radius 2 is 1.60 bits per heavy atom. The molecule has 62 valence electrons. The summed E-state index contributed by atoms with van der Waals surface area (Å²) in [7, 11) is 0. The van der Waals surface area contributed by atoms with E-state index in [1.807, 2.05) is 13.8 Å². The van der Waals surface area contributed by atoms with Crippen molar-refractivity contribution in [3.8, 4) is 0 Å². The van der Waals surface area contributed by atoms with Gasteiger partial charge in [-0.25, -0.2) is 0 Å². The predicted octanol–water partition coefficient (Wildman–Crippen LogP) is 2.69. The van der Waals surface area contributed by atoms with Crippen molar-refractivity contribution in [1.29, 1.82) is 0 Å². The maximum Gasteiger partial charge on any atom is 0.0151 e. The molecule has 0 aromatic heterocycles. The van der Waals surface area contributed by atoms with Crippen molar-refractivity contribution in [2.75, 3.05) is 0 Å². The van der Waals surface area contributed by atoms with E-state index in [1.54, 1.807) is 0 Å². The molecule has 2 N–H and O–H groups in total. The molecule has 1 nitrogen and oxygen atoms in total. The third-order valence-electron chi connectivity index (χ3n) is 2.30. The molecular weight excluding hydrogens is 122 g/mol. The highest BCUT2D eigenvalue weighted by molar-refractivity contribution is 4.87. The molecule has 1 aliphatic rings. The van der Waals surface area contributed by atoms with Gasteiger partial charge in [-0.1, -0.05) is 33.6 Å². The highest BCUT2D eigenvalue weighted by Crippen LogP contribution is 2.29. The van der Waals surface area contributed by atoms with Crippen LogP contribution in [0, 0.1) is 0 Å². The van der Waals surface area contributed by atoms with Gasteiger partial charge in [-0.05, 0) is 19.3 Å². The maximum atomic E-state index is 5.96. The maximum absolute atomic E-state index is 5.96. The van der Waals surface area contributed by atoms with E-state index >= 15 is 0 Å². The van der Waals surface area contributed by atoms with Crippen LogP contribution in [0.15, 0.2) is 0 Å². The van der Waals surface area contributed by atoms with E-state index in [-0.39, 0.29) is 5.54 Å². The largest absolute Gasteiger partial charge is 0.325 e. The van der Waals surface area contributed by atoms with Crippen LogP contribution in [0.3, 0.4) is 0 Å². The second-order valence-electron chi connectivity index (χ2n) is 2.92. The molecular formula is C9H21N. The van der Waals surface area contributed by atoms with E-state index in [2.05, 4.69) is 6.92 Å². The molecule has 0 aliphatic heterocycles. The predicted molar refractivity (Wildman–Crippen MR) is 47.0 cm³/mol. The Balaban J connectivity index is 0.000000371. The van der Waals surface area contributed by atoms with E-state index in [0.717, 1.165) is 6.42 Å². The molecule has 0 atom stereocenters. The zero-order valence-corrected chi connectivity index (χ0v) is 7.61. The van der Waals surface area contributed by atoms with Crippen LogP contribution in [0.5, 0.6) is 0 Å². The van der Waals surface area contributed by atoms with Crippen LogP contribution >= 0.6 is 0 Å². The van der Waals surface area contributed by atoms with Crippen molar-refractivity contribution in [1.82, 2.24) is 0 Å². The van der Waals surface area contributed by atoms with Gasteiger partial charge < -0.3 is 5.73 Å². The topological polar surface area (TPSA) is 26.0 Å². The molecule has 0 saturated heterocycles. The van der Waals surface area contributed by atoms with Crippen LogP contribution in [0.4, 0.5) is 0 Å². The fourth-order valence-corrected chi connectivity index (χ4v) is 1.43. The van der Waals surface area contributed by atoms with Crippen molar-refractivity contribution in [2.24, 2.45) is 5.73 Å². The first-order valence-electron chi connectivity index (χ1n) is 4.56. The number of nitrogens with two attached hydrogens (primary N) is 1. The first-order chi connectivity index (χ1) is 4.77. The van der Waals surface area contributed by atoms with Gasteiger partial charge in [0.15, 0.2) is 0 Å². The summed E-state index contributed by atoms with van der Waals surface area (Å²) < 4.78 is 0. The molecule has 10 heavy (non-hydrogen) atoms. The van der Waals surface area contributed by atoms with Gasteiger partial charge in [-0.15, -0.1) is 0 Å². The van der Waals surface area contributed by atoms with Crippen LogP contribution in [0.1, 0.15) is 52.9 Å². The Kier molecular flexibility index (Phi) is 4.71. The number of hydrogen-bond acceptors (Lipinski definition) is 1. The van der Waals surface area contributed by atoms with Gasteiger partial charge in [0.1, 0.15) is 0 Å². The molecule has 0 unspecified atom stereocenters. The van der Waals surface area contributed by atoms with Crippen molar-refractivity contribution < 1.29 is 0 Å². The molecule has 1 aliphatic carbocycles. The highest BCUT2D eigenvalue weighted by Gasteiger charge is 2.26. The second kappa shape index (κ2) is 4.73. The normalized spacial score (nSPS) is 21.6. The van der Waals surface area contributed by atoms with E-state index in [0.29, 0.717) is 0 Å². The Labute approximate surface area is 65.0 Å². The number of hydrogen-bond donors (Lipinski definition) is 1. The molecule has 1 saturated carbocycles. The Bertz CT molecular complexity index is 72.8. The van der Waals surface area contributed by atoms with Crippen LogP contribution in [-0.2, 0) is 0 Å². The SMILES string of the molecule is CC.CCC1(N)CCCC1. The second-order valence-corrected chi connectivity index (χ2v) is 2.92. The van der Waals surface area contributed by atoms with Gasteiger partial charge in [0.2, 0.25) is 0 Å². The molecule has 0 radical (unpaired) electrons. The Morgan fingerprint density at radius 3 is 1.80 bits per heavy atom. The lowest BCUT2D eigenvalue weighted by Crippen LogP contribution is -2.34. The molecule has 0 amide bonds. The molecule has 1 heteroatoms. The molecule has 0 spiro atoms. The summed E-state index contributed by atoms with van der Waals surface area (Å²) >= 11 is 0. The Hall–Kier alpha value is -0.0400. The lowest BCUT2D eigenvalue weighted by atomic mass is 9.96. The van der Waals surface area contributed by atoms with E-state index in [1.165, 1.54) is 25.7 Å². The third-order valence-corrected chi connectivity index (χ3v) is 2.30. The van der Waals surface area contributed by atoms with Gasteiger partial charge in [0.05, 0.1) is 0 Å². The van der Waals surface area contributed by atoms with Crippen molar-refractivity contribution in [2.45, 2.75) is 58.4 Å². The summed E-state index contributed by atoms with van der Waals surface area (Å²) in [6, 6.07) is 0. The smallest absolute Gasteiger partial charge is 0.0151 e. The average Bonchev–Trinajstić information content (AvgIpc) is 2.42. The average molecular weight is 143 g/mol. The first kappa shape index (κ1) is 9.96. The summed E-state index contributed by atoms with van der Waals surface area (Å²) in [6.07, 6.45) is 6.37. The molecule has 1 rings (SSSR count). The fourth-order valence-electron chi connectivity index (χ4n) is 1.43. The molecule has 0 aromatic carbocycles. The van der Waals surface area contributed by atoms with E-state index in [9.17, 15) is 0 Å². The zero-order chi connectivity index (χ0) is 8.04. The third kappa shape index (κ3) is 2.70. The van der Waals surface area contributed by atoms with Gasteiger partial charge in [-0.2, -0.15) is 0 Å². The molecule has 1 fully saturated rings. The van der Waals surface area contributed by atoms with Crippen LogP contribution in [0.2, 0.25) is 0 Å². The molecule has 0 aromatic rings. The van der Waals surface area contributed by atoms with Gasteiger partial charge in [0.25, 0.3) is 0 Å². The summed E-state index contributed by atoms with van der Waals surface area (Å²) in [5.41, 5.74) is 6.19. The van der Waals surface area contributed by atoms with Crippen LogP contribution in [-0.4, -0.2) is 5.54 Å².